The molecule has 0 amide bonds. The van der Waals surface area contributed by atoms with Crippen LogP contribution in [0, 0.1) is 17.7 Å². The molecular weight excluding hydrogens is 527 g/mol. The van der Waals surface area contributed by atoms with E-state index < -0.39 is 12.0 Å². The molecule has 42 heavy (non-hydrogen) atoms. The molecule has 0 unspecified atom stereocenters. The molecule has 1 saturated heterocycles. The molecule has 2 fully saturated rings. The average molecular weight is 575 g/mol. The van der Waals surface area contributed by atoms with Gasteiger partial charge in [-0.05, 0) is 99.8 Å². The van der Waals surface area contributed by atoms with Crippen molar-refractivity contribution in [2.75, 3.05) is 26.7 Å². The molecule has 1 aliphatic carbocycles. The van der Waals surface area contributed by atoms with E-state index in [1.165, 1.54) is 17.3 Å². The number of hydrogen-bond donors (Lipinski definition) is 1. The van der Waals surface area contributed by atoms with Gasteiger partial charge in [-0.15, -0.1) is 0 Å². The van der Waals surface area contributed by atoms with E-state index in [0.29, 0.717) is 11.8 Å². The Kier molecular flexibility index (Phi) is 9.79. The van der Waals surface area contributed by atoms with E-state index in [1.807, 2.05) is 27.0 Å². The summed E-state index contributed by atoms with van der Waals surface area (Å²) in [5.74, 6) is 0.128. The molecule has 0 spiro atoms. The summed E-state index contributed by atoms with van der Waals surface area (Å²) in [6.45, 7) is 10.0. The Balaban J connectivity index is 1.26. The number of likely N-dealkylation sites (tertiary alicyclic amines) is 1. The Labute approximate surface area is 250 Å². The number of aryl methyl sites for hydroxylation is 1. The van der Waals surface area contributed by atoms with Gasteiger partial charge in [0.15, 0.2) is 0 Å². The summed E-state index contributed by atoms with van der Waals surface area (Å²) in [5, 5.41) is 14.9. The number of rotatable bonds is 11. The number of halogens is 1. The molecule has 6 nitrogen and oxygen atoms in total. The number of nitrogens with zero attached hydrogens (tertiary/aromatic N) is 4. The number of carboxylic acids is 1. The van der Waals surface area contributed by atoms with Crippen molar-refractivity contribution < 1.29 is 14.3 Å². The van der Waals surface area contributed by atoms with Crippen LogP contribution in [-0.2, 0) is 17.8 Å². The fourth-order valence-corrected chi connectivity index (χ4v) is 7.64. The zero-order valence-corrected chi connectivity index (χ0v) is 25.6. The predicted molar refractivity (Wildman–Crippen MR) is 165 cm³/mol. The third kappa shape index (κ3) is 6.95. The highest BCUT2D eigenvalue weighted by Gasteiger charge is 2.42. The lowest BCUT2D eigenvalue weighted by Gasteiger charge is -2.35. The van der Waals surface area contributed by atoms with E-state index in [1.54, 1.807) is 12.1 Å². The van der Waals surface area contributed by atoms with E-state index in [2.05, 4.69) is 57.8 Å². The molecule has 1 aromatic heterocycles. The van der Waals surface area contributed by atoms with Gasteiger partial charge in [-0.25, -0.2) is 4.39 Å². The van der Waals surface area contributed by atoms with E-state index >= 15 is 0 Å². The second kappa shape index (κ2) is 13.5. The molecule has 2 aromatic carbocycles. The van der Waals surface area contributed by atoms with Gasteiger partial charge in [0, 0.05) is 37.2 Å². The molecule has 1 N–H and O–H groups in total. The third-order valence-corrected chi connectivity index (χ3v) is 9.73. The first-order valence-electron chi connectivity index (χ1n) is 15.8. The Morgan fingerprint density at radius 1 is 1.07 bits per heavy atom. The minimum absolute atomic E-state index is 0.0166. The fraction of sp³-hybridized carbons (Fsp3) is 0.543. The van der Waals surface area contributed by atoms with Crippen molar-refractivity contribution in [3.05, 3.63) is 89.0 Å². The number of likely N-dealkylation sites (N-methyl/N-ethyl adjacent to an activating group) is 1. The molecule has 0 bridgehead atoms. The summed E-state index contributed by atoms with van der Waals surface area (Å²) in [4.78, 5) is 16.8. The monoisotopic (exact) mass is 574 g/mol. The summed E-state index contributed by atoms with van der Waals surface area (Å²) in [6.07, 6.45) is 4.85. The fourth-order valence-electron chi connectivity index (χ4n) is 7.64. The minimum atomic E-state index is -0.765. The Morgan fingerprint density at radius 2 is 1.81 bits per heavy atom. The lowest BCUT2D eigenvalue weighted by Crippen LogP contribution is -2.47. The number of aliphatic carboxylic acids is 1. The van der Waals surface area contributed by atoms with Crippen molar-refractivity contribution in [1.82, 2.24) is 19.6 Å². The molecular formula is C35H47FN4O2. The number of benzene rings is 2. The number of aromatic nitrogens is 2. The van der Waals surface area contributed by atoms with Crippen LogP contribution in [0.5, 0.6) is 0 Å². The molecule has 1 saturated carbocycles. The van der Waals surface area contributed by atoms with Gasteiger partial charge in [-0.3, -0.25) is 14.4 Å². The Hall–Kier alpha value is -3.03. The Bertz CT molecular complexity index is 1320. The van der Waals surface area contributed by atoms with Crippen LogP contribution in [0.4, 0.5) is 4.39 Å². The van der Waals surface area contributed by atoms with E-state index in [4.69, 9.17) is 5.10 Å². The number of hydrogen-bond acceptors (Lipinski definition) is 4. The molecule has 226 valence electrons. The van der Waals surface area contributed by atoms with Crippen LogP contribution < -0.4 is 0 Å². The summed E-state index contributed by atoms with van der Waals surface area (Å²) in [5.41, 5.74) is 4.83. The van der Waals surface area contributed by atoms with E-state index in [-0.39, 0.29) is 23.7 Å². The van der Waals surface area contributed by atoms with Crippen LogP contribution in [0.1, 0.15) is 80.8 Å². The first-order valence-corrected chi connectivity index (χ1v) is 15.8. The number of piperidine rings is 1. The van der Waals surface area contributed by atoms with Crippen molar-refractivity contribution in [3.63, 3.8) is 0 Å². The van der Waals surface area contributed by atoms with Crippen LogP contribution in [0.2, 0.25) is 0 Å². The van der Waals surface area contributed by atoms with Crippen LogP contribution in [0.3, 0.4) is 0 Å². The van der Waals surface area contributed by atoms with Crippen LogP contribution in [0.25, 0.3) is 0 Å². The molecule has 7 heteroatoms. The zero-order valence-electron chi connectivity index (χ0n) is 25.6. The maximum Gasteiger partial charge on any atom is 0.321 e. The normalized spacial score (nSPS) is 22.7. The van der Waals surface area contributed by atoms with Gasteiger partial charge in [0.25, 0.3) is 0 Å². The lowest BCUT2D eigenvalue weighted by atomic mass is 9.87. The average Bonchev–Trinajstić information content (AvgIpc) is 3.58. The predicted octanol–water partition coefficient (Wildman–Crippen LogP) is 6.42. The molecule has 3 aromatic rings. The van der Waals surface area contributed by atoms with Gasteiger partial charge in [0.2, 0.25) is 0 Å². The number of carboxylic acid groups (broad SMARTS) is 1. The molecule has 4 atom stereocenters. The standard InChI is InChI=1S/C35H47FN4O2/c1-5-40-33(21-30(37-40)18-25-10-7-6-8-11-25)26-14-16-39(17-15-26)23-28-20-31(38(4)34(24(2)3)35(41)42)22-32(28)27-12-9-13-29(36)19-27/h6-13,19,21,24,26,28,31-32,34H,5,14-18,20,22-23H2,1-4H3,(H,41,42)/t28-,31+,32-,34-/m0/s1. The topological polar surface area (TPSA) is 61.6 Å². The summed E-state index contributed by atoms with van der Waals surface area (Å²) >= 11 is 0. The summed E-state index contributed by atoms with van der Waals surface area (Å²) in [7, 11) is 1.96. The minimum Gasteiger partial charge on any atom is -0.480 e. The molecule has 2 heterocycles. The maximum atomic E-state index is 14.3. The highest BCUT2D eigenvalue weighted by molar-refractivity contribution is 5.73. The van der Waals surface area contributed by atoms with Crippen molar-refractivity contribution in [1.29, 1.82) is 0 Å². The van der Waals surface area contributed by atoms with Gasteiger partial charge in [0.1, 0.15) is 11.9 Å². The molecule has 2 aliphatic rings. The third-order valence-electron chi connectivity index (χ3n) is 9.73. The lowest BCUT2D eigenvalue weighted by molar-refractivity contribution is -0.145. The van der Waals surface area contributed by atoms with E-state index in [0.717, 1.165) is 69.5 Å². The van der Waals surface area contributed by atoms with Gasteiger partial charge in [-0.2, -0.15) is 5.10 Å². The largest absolute Gasteiger partial charge is 0.480 e. The second-order valence-electron chi connectivity index (χ2n) is 12.9. The summed E-state index contributed by atoms with van der Waals surface area (Å²) in [6, 6.07) is 19.5. The SMILES string of the molecule is CCn1nc(Cc2ccccc2)cc1C1CCN(C[C@@H]2C[C@@H](N(C)[C@H](C(=O)O)C(C)C)C[C@H]2c2cccc(F)c2)CC1. The number of carbonyl (C=O) groups is 1. The van der Waals surface area contributed by atoms with Gasteiger partial charge < -0.3 is 10.0 Å². The van der Waals surface area contributed by atoms with Gasteiger partial charge in [0.05, 0.1) is 5.69 Å². The second-order valence-corrected chi connectivity index (χ2v) is 12.9. The Morgan fingerprint density at radius 3 is 2.45 bits per heavy atom. The highest BCUT2D eigenvalue weighted by atomic mass is 19.1. The first-order chi connectivity index (χ1) is 20.2. The van der Waals surface area contributed by atoms with Crippen LogP contribution in [0.15, 0.2) is 60.7 Å². The van der Waals surface area contributed by atoms with Gasteiger partial charge in [-0.1, -0.05) is 56.3 Å². The van der Waals surface area contributed by atoms with Crippen molar-refractivity contribution in [3.8, 4) is 0 Å². The quantitative estimate of drug-likeness (QED) is 0.287. The molecule has 5 rings (SSSR count). The van der Waals surface area contributed by atoms with Crippen molar-refractivity contribution in [2.24, 2.45) is 11.8 Å². The molecule has 0 radical (unpaired) electrons. The molecule has 1 aliphatic heterocycles. The smallest absolute Gasteiger partial charge is 0.321 e. The van der Waals surface area contributed by atoms with Crippen LogP contribution >= 0.6 is 0 Å². The maximum absolute atomic E-state index is 14.3. The van der Waals surface area contributed by atoms with Crippen LogP contribution in [-0.4, -0.2) is 69.4 Å². The first kappa shape index (κ1) is 30.4. The van der Waals surface area contributed by atoms with Crippen molar-refractivity contribution >= 4 is 5.97 Å². The van der Waals surface area contributed by atoms with E-state index in [9.17, 15) is 14.3 Å². The summed E-state index contributed by atoms with van der Waals surface area (Å²) < 4.78 is 16.5. The zero-order chi connectivity index (χ0) is 29.8. The highest BCUT2D eigenvalue weighted by Crippen LogP contribution is 2.43. The van der Waals surface area contributed by atoms with Crippen molar-refractivity contribution in [2.45, 2.75) is 83.3 Å². The van der Waals surface area contributed by atoms with Gasteiger partial charge >= 0.3 is 5.97 Å².